The topological polar surface area (TPSA) is 444 Å². The van der Waals surface area contributed by atoms with Gasteiger partial charge in [0, 0.05) is 33.9 Å². The lowest BCUT2D eigenvalue weighted by Gasteiger charge is -2.40. The molecule has 0 spiro atoms. The van der Waals surface area contributed by atoms with Gasteiger partial charge in [-0.2, -0.15) is 0 Å². The molecule has 5 aromatic carbocycles. The summed E-state index contributed by atoms with van der Waals surface area (Å²) >= 11 is 0. The SMILES string of the molecule is O=C1Oc2c(c(O)cc3c2-c2c(cc(O)c(O)c2O)C(=O)O[C@@H](C2OC(=O)c4cc(O)c(O)c(O)c4-c4c(O)c(O)c(O)c5c4C(=O)OC2C5O)[C@H](O)COC3=O)Oc2c1cc(O)c(O)c2O. The number of esters is 5. The van der Waals surface area contributed by atoms with Crippen LogP contribution in [0.3, 0.4) is 0 Å². The predicted octanol–water partition coefficient (Wildman–Crippen LogP) is 1.39. The Labute approximate surface area is 367 Å². The summed E-state index contributed by atoms with van der Waals surface area (Å²) in [6, 6.07) is 1.84. The molecule has 5 aliphatic heterocycles. The van der Waals surface area contributed by atoms with Gasteiger partial charge in [-0.05, 0) is 18.2 Å². The summed E-state index contributed by atoms with van der Waals surface area (Å²) in [5, 5.41) is 163. The number of fused-ring (bicyclic) bond motifs is 9. The van der Waals surface area contributed by atoms with Crippen molar-refractivity contribution in [1.82, 2.24) is 0 Å². The Hall–Kier alpha value is -9.43. The number of phenols is 13. The number of carbonyl (C=O) groups is 5. The van der Waals surface area contributed by atoms with Crippen LogP contribution in [-0.2, 0) is 18.9 Å². The van der Waals surface area contributed by atoms with E-state index in [9.17, 15) is 101 Å². The van der Waals surface area contributed by atoms with Crippen molar-refractivity contribution >= 4 is 29.8 Å². The third-order valence-corrected chi connectivity index (χ3v) is 11.1. The van der Waals surface area contributed by atoms with Gasteiger partial charge in [0.1, 0.15) is 24.4 Å². The van der Waals surface area contributed by atoms with Crippen LogP contribution < -0.4 is 9.47 Å². The zero-order valence-electron chi connectivity index (χ0n) is 32.6. The second-order valence-corrected chi connectivity index (χ2v) is 14.9. The summed E-state index contributed by atoms with van der Waals surface area (Å²) in [5.41, 5.74) is -10.5. The van der Waals surface area contributed by atoms with Crippen LogP contribution in [0.15, 0.2) is 24.3 Å². The van der Waals surface area contributed by atoms with Crippen LogP contribution >= 0.6 is 0 Å². The Balaban J connectivity index is 1.26. The lowest BCUT2D eigenvalue weighted by Crippen LogP contribution is -2.55. The molecule has 15 N–H and O–H groups in total. The minimum absolute atomic E-state index is 0.368. The molecule has 5 heterocycles. The minimum atomic E-state index is -2.65. The van der Waals surface area contributed by atoms with E-state index < -0.39 is 215 Å². The summed E-state index contributed by atoms with van der Waals surface area (Å²) in [7, 11) is 0. The molecule has 0 fully saturated rings. The Bertz CT molecular complexity index is 3150. The third-order valence-electron chi connectivity index (χ3n) is 11.1. The van der Waals surface area contributed by atoms with Gasteiger partial charge in [-0.15, -0.1) is 0 Å². The standard InChI is InChI=1S/C41H26O26/c42-10-1-6-15(24(50)21(10)47)17-8(3-13(45)32-34(17)65-40(60)9-4-12(44)23(49)30(56)31(9)63-32)37(57)62-5-14(46)33(64-38(6)58)36-35-28(54)20-19(41(61)66-35)18(26(52)29(55)27(20)53)16-7(39(59)67-36)2-11(43)22(48)25(16)51/h1-4,14,28,33,35-36,42-56H,5H2/t14-,28?,33-,35?,36?/m1/s1. The van der Waals surface area contributed by atoms with Crippen LogP contribution in [0.1, 0.15) is 63.5 Å². The smallest absolute Gasteiger partial charge is 0.347 e. The Kier molecular flexibility index (Phi) is 9.31. The molecular weight excluding hydrogens is 908 g/mol. The van der Waals surface area contributed by atoms with Crippen molar-refractivity contribution in [2.75, 3.05) is 6.61 Å². The van der Waals surface area contributed by atoms with Crippen LogP contribution in [0.4, 0.5) is 0 Å². The van der Waals surface area contributed by atoms with Crippen molar-refractivity contribution in [3.63, 3.8) is 0 Å². The van der Waals surface area contributed by atoms with Crippen molar-refractivity contribution in [1.29, 1.82) is 0 Å². The summed E-state index contributed by atoms with van der Waals surface area (Å²) in [6.45, 7) is -1.40. The Morgan fingerprint density at radius 3 is 1.45 bits per heavy atom. The number of benzene rings is 5. The van der Waals surface area contributed by atoms with Gasteiger partial charge in [0.2, 0.25) is 34.5 Å². The van der Waals surface area contributed by atoms with Gasteiger partial charge in [0.25, 0.3) is 0 Å². The van der Waals surface area contributed by atoms with Crippen molar-refractivity contribution in [3.8, 4) is 114 Å². The molecule has 5 aromatic rings. The van der Waals surface area contributed by atoms with E-state index in [4.69, 9.17) is 28.4 Å². The number of hydrogen-bond acceptors (Lipinski definition) is 26. The summed E-state index contributed by atoms with van der Waals surface area (Å²) < 4.78 is 32.7. The number of aliphatic hydroxyl groups is 2. The second kappa shape index (κ2) is 14.6. The van der Waals surface area contributed by atoms with E-state index in [1.807, 2.05) is 0 Å². The quantitative estimate of drug-likeness (QED) is 0.0488. The van der Waals surface area contributed by atoms with Gasteiger partial charge in [0.15, 0.2) is 75.8 Å². The van der Waals surface area contributed by atoms with Crippen molar-refractivity contribution in [2.24, 2.45) is 0 Å². The van der Waals surface area contributed by atoms with E-state index in [1.165, 1.54) is 0 Å². The number of ether oxygens (including phenoxy) is 6. The molecule has 5 atom stereocenters. The van der Waals surface area contributed by atoms with Crippen molar-refractivity contribution in [2.45, 2.75) is 30.5 Å². The largest absolute Gasteiger partial charge is 0.504 e. The molecule has 0 amide bonds. The Morgan fingerprint density at radius 2 is 0.851 bits per heavy atom. The monoisotopic (exact) mass is 934 g/mol. The molecule has 10 rings (SSSR count). The normalized spacial score (nSPS) is 20.6. The number of aromatic hydroxyl groups is 13. The average molecular weight is 935 g/mol. The predicted molar refractivity (Wildman–Crippen MR) is 206 cm³/mol. The van der Waals surface area contributed by atoms with Crippen LogP contribution in [0.25, 0.3) is 22.3 Å². The highest BCUT2D eigenvalue weighted by Crippen LogP contribution is 2.60. The van der Waals surface area contributed by atoms with Crippen LogP contribution in [0, 0.1) is 0 Å². The van der Waals surface area contributed by atoms with Gasteiger partial charge in [0.05, 0.1) is 22.3 Å². The van der Waals surface area contributed by atoms with E-state index in [1.54, 1.807) is 0 Å². The molecule has 26 heteroatoms. The fourth-order valence-corrected chi connectivity index (χ4v) is 8.01. The van der Waals surface area contributed by atoms with E-state index in [-0.39, 0.29) is 0 Å². The summed E-state index contributed by atoms with van der Waals surface area (Å²) in [4.78, 5) is 70.3. The first-order chi connectivity index (χ1) is 31.5. The second-order valence-electron chi connectivity index (χ2n) is 14.9. The van der Waals surface area contributed by atoms with Crippen LogP contribution in [0.2, 0.25) is 0 Å². The Morgan fingerprint density at radius 1 is 0.373 bits per heavy atom. The van der Waals surface area contributed by atoms with Gasteiger partial charge in [-0.3, -0.25) is 0 Å². The molecule has 3 unspecified atom stereocenters. The zero-order valence-corrected chi connectivity index (χ0v) is 32.6. The highest BCUT2D eigenvalue weighted by atomic mass is 16.6. The average Bonchev–Trinajstić information content (AvgIpc) is 3.43. The molecule has 67 heavy (non-hydrogen) atoms. The molecule has 0 radical (unpaired) electrons. The van der Waals surface area contributed by atoms with E-state index in [2.05, 4.69) is 0 Å². The maximum absolute atomic E-state index is 14.6. The fourth-order valence-electron chi connectivity index (χ4n) is 8.01. The van der Waals surface area contributed by atoms with Crippen LogP contribution in [-0.4, -0.2) is 137 Å². The summed E-state index contributed by atoms with van der Waals surface area (Å²) in [6.07, 6.45) is -12.9. The van der Waals surface area contributed by atoms with Gasteiger partial charge < -0.3 is 105 Å². The first-order valence-corrected chi connectivity index (χ1v) is 18.7. The zero-order chi connectivity index (χ0) is 48.6. The molecule has 0 saturated carbocycles. The van der Waals surface area contributed by atoms with Gasteiger partial charge in [-0.1, -0.05) is 0 Å². The molecule has 0 aliphatic carbocycles. The van der Waals surface area contributed by atoms with E-state index in [0.29, 0.717) is 24.3 Å². The minimum Gasteiger partial charge on any atom is -0.504 e. The first-order valence-electron chi connectivity index (χ1n) is 18.7. The highest BCUT2D eigenvalue weighted by Gasteiger charge is 2.53. The lowest BCUT2D eigenvalue weighted by atomic mass is 9.82. The molecular formula is C41H26O26. The first kappa shape index (κ1) is 42.9. The molecule has 0 aromatic heterocycles. The number of carbonyl (C=O) groups excluding carboxylic acids is 5. The number of cyclic esters (lactones) is 2. The number of hydrogen-bond donors (Lipinski definition) is 15. The van der Waals surface area contributed by atoms with E-state index in [0.717, 1.165) is 0 Å². The van der Waals surface area contributed by atoms with E-state index >= 15 is 0 Å². The van der Waals surface area contributed by atoms with Crippen LogP contribution in [0.5, 0.6) is 92.0 Å². The van der Waals surface area contributed by atoms with Crippen molar-refractivity contribution < 1.29 is 129 Å². The molecule has 346 valence electrons. The molecule has 0 saturated heterocycles. The van der Waals surface area contributed by atoms with Crippen molar-refractivity contribution in [3.05, 3.63) is 57.6 Å². The molecule has 26 nitrogen and oxygen atoms in total. The van der Waals surface area contributed by atoms with Gasteiger partial charge >= 0.3 is 29.8 Å². The summed E-state index contributed by atoms with van der Waals surface area (Å²) in [5.74, 6) is -29.3. The molecule has 5 aliphatic rings. The maximum atomic E-state index is 14.6. The number of aliphatic hydroxyl groups excluding tert-OH is 2. The third kappa shape index (κ3) is 6.00. The van der Waals surface area contributed by atoms with Gasteiger partial charge in [-0.25, -0.2) is 24.0 Å². The molecule has 4 bridgehead atoms. The number of rotatable bonds is 1. The maximum Gasteiger partial charge on any atom is 0.347 e. The lowest BCUT2D eigenvalue weighted by molar-refractivity contribution is -0.153. The number of phenolic OH excluding ortho intramolecular Hbond substituents is 13. The fraction of sp³-hybridized carbons (Fsp3) is 0.146. The highest BCUT2D eigenvalue weighted by molar-refractivity contribution is 6.12.